The molecule has 1 aliphatic heterocycles. The van der Waals surface area contributed by atoms with Gasteiger partial charge in [-0.05, 0) is 52.4 Å². The minimum Gasteiger partial charge on any atom is -0.316 e. The van der Waals surface area contributed by atoms with Crippen LogP contribution in [-0.2, 0) is 6.54 Å². The van der Waals surface area contributed by atoms with Gasteiger partial charge in [-0.1, -0.05) is 0 Å². The molecule has 1 atom stereocenters. The van der Waals surface area contributed by atoms with Crippen molar-refractivity contribution in [1.82, 2.24) is 15.2 Å². The maximum Gasteiger partial charge on any atom is 0.0798 e. The molecule has 0 aromatic carbocycles. The molecule has 0 amide bonds. The second-order valence-corrected chi connectivity index (χ2v) is 5.69. The molecular weight excluding hydrogens is 218 g/mol. The van der Waals surface area contributed by atoms with Crippen LogP contribution in [0.15, 0.2) is 5.51 Å². The number of nitrogens with one attached hydrogen (secondary N) is 1. The second-order valence-electron chi connectivity index (χ2n) is 4.75. The number of nitrogens with zero attached hydrogens (tertiary/aromatic N) is 2. The Kier molecular flexibility index (Phi) is 4.32. The number of hydrogen-bond donors (Lipinski definition) is 1. The van der Waals surface area contributed by atoms with Crippen molar-refractivity contribution >= 4 is 11.3 Å². The molecule has 2 rings (SSSR count). The molecule has 0 aliphatic carbocycles. The molecular formula is C12H21N3S. The third-order valence-electron chi connectivity index (χ3n) is 3.34. The van der Waals surface area contributed by atoms with Crippen molar-refractivity contribution in [2.75, 3.05) is 26.7 Å². The Bertz CT molecular complexity index is 318. The smallest absolute Gasteiger partial charge is 0.0798 e. The summed E-state index contributed by atoms with van der Waals surface area (Å²) in [6, 6.07) is 0. The summed E-state index contributed by atoms with van der Waals surface area (Å²) in [5, 5.41) is 3.42. The van der Waals surface area contributed by atoms with Crippen LogP contribution >= 0.6 is 11.3 Å². The maximum absolute atomic E-state index is 4.29. The minimum absolute atomic E-state index is 0.894. The van der Waals surface area contributed by atoms with Crippen LogP contribution in [0.2, 0.25) is 0 Å². The Morgan fingerprint density at radius 3 is 3.12 bits per heavy atom. The molecule has 1 aromatic rings. The summed E-state index contributed by atoms with van der Waals surface area (Å²) in [5.41, 5.74) is 3.14. The fraction of sp³-hybridized carbons (Fsp3) is 0.750. The van der Waals surface area contributed by atoms with Gasteiger partial charge in [0.25, 0.3) is 0 Å². The highest BCUT2D eigenvalue weighted by Crippen LogP contribution is 2.16. The van der Waals surface area contributed by atoms with E-state index in [-0.39, 0.29) is 0 Å². The summed E-state index contributed by atoms with van der Waals surface area (Å²) in [4.78, 5) is 8.11. The van der Waals surface area contributed by atoms with Gasteiger partial charge in [0.15, 0.2) is 0 Å². The molecule has 2 heterocycles. The minimum atomic E-state index is 0.894. The van der Waals surface area contributed by atoms with E-state index in [0.717, 1.165) is 12.5 Å². The van der Waals surface area contributed by atoms with Gasteiger partial charge < -0.3 is 10.2 Å². The first-order chi connectivity index (χ1) is 7.75. The van der Waals surface area contributed by atoms with Gasteiger partial charge in [-0.2, -0.15) is 0 Å². The van der Waals surface area contributed by atoms with Crippen molar-refractivity contribution in [3.63, 3.8) is 0 Å². The fourth-order valence-electron chi connectivity index (χ4n) is 2.17. The lowest BCUT2D eigenvalue weighted by atomic mass is 10.1. The van der Waals surface area contributed by atoms with E-state index < -0.39 is 0 Å². The lowest BCUT2D eigenvalue weighted by Crippen LogP contribution is -2.22. The van der Waals surface area contributed by atoms with Gasteiger partial charge in [-0.3, -0.25) is 0 Å². The molecule has 1 aromatic heterocycles. The van der Waals surface area contributed by atoms with Gasteiger partial charge >= 0.3 is 0 Å². The first-order valence-electron chi connectivity index (χ1n) is 6.04. The third-order valence-corrected chi connectivity index (χ3v) is 4.26. The quantitative estimate of drug-likeness (QED) is 0.850. The molecule has 1 N–H and O–H groups in total. The first-order valence-corrected chi connectivity index (χ1v) is 6.92. The predicted octanol–water partition coefficient (Wildman–Crippen LogP) is 1.88. The largest absolute Gasteiger partial charge is 0.316 e. The lowest BCUT2D eigenvalue weighted by molar-refractivity contribution is 0.300. The lowest BCUT2D eigenvalue weighted by Gasteiger charge is -2.18. The summed E-state index contributed by atoms with van der Waals surface area (Å²) < 4.78 is 0. The molecule has 3 nitrogen and oxygen atoms in total. The molecule has 1 saturated heterocycles. The molecule has 1 aliphatic rings. The van der Waals surface area contributed by atoms with Crippen molar-refractivity contribution in [3.8, 4) is 0 Å². The van der Waals surface area contributed by atoms with Crippen molar-refractivity contribution in [1.29, 1.82) is 0 Å². The zero-order chi connectivity index (χ0) is 11.4. The van der Waals surface area contributed by atoms with E-state index in [0.29, 0.717) is 0 Å². The average molecular weight is 239 g/mol. The van der Waals surface area contributed by atoms with E-state index in [4.69, 9.17) is 0 Å². The SMILES string of the molecule is Cc1ncsc1CN(C)CCC1CCNC1. The summed E-state index contributed by atoms with van der Waals surface area (Å²) in [7, 11) is 2.21. The number of aryl methyl sites for hydroxylation is 1. The van der Waals surface area contributed by atoms with Gasteiger partial charge in [-0.15, -0.1) is 11.3 Å². The number of rotatable bonds is 5. The van der Waals surface area contributed by atoms with Crippen molar-refractivity contribution in [3.05, 3.63) is 16.1 Å². The van der Waals surface area contributed by atoms with Crippen molar-refractivity contribution in [2.24, 2.45) is 5.92 Å². The van der Waals surface area contributed by atoms with E-state index in [2.05, 4.69) is 29.2 Å². The Hall–Kier alpha value is -0.450. The highest BCUT2D eigenvalue weighted by molar-refractivity contribution is 7.09. The molecule has 0 radical (unpaired) electrons. The Balaban J connectivity index is 1.71. The zero-order valence-electron chi connectivity index (χ0n) is 10.2. The summed E-state index contributed by atoms with van der Waals surface area (Å²) in [6.07, 6.45) is 2.68. The summed E-state index contributed by atoms with van der Waals surface area (Å²) in [5.74, 6) is 0.894. The van der Waals surface area contributed by atoms with Crippen LogP contribution in [0.5, 0.6) is 0 Å². The van der Waals surface area contributed by atoms with Crippen LogP contribution < -0.4 is 5.32 Å². The van der Waals surface area contributed by atoms with Gasteiger partial charge in [0.05, 0.1) is 11.2 Å². The summed E-state index contributed by atoms with van der Waals surface area (Å²) >= 11 is 1.77. The monoisotopic (exact) mass is 239 g/mol. The van der Waals surface area contributed by atoms with Crippen LogP contribution in [0, 0.1) is 12.8 Å². The van der Waals surface area contributed by atoms with Crippen LogP contribution in [0.3, 0.4) is 0 Å². The van der Waals surface area contributed by atoms with Crippen LogP contribution in [0.4, 0.5) is 0 Å². The third kappa shape index (κ3) is 3.27. The van der Waals surface area contributed by atoms with E-state index in [1.807, 2.05) is 5.51 Å². The molecule has 0 saturated carbocycles. The number of aromatic nitrogens is 1. The van der Waals surface area contributed by atoms with Gasteiger partial charge in [-0.25, -0.2) is 4.98 Å². The second kappa shape index (κ2) is 5.75. The average Bonchev–Trinajstić information content (AvgIpc) is 2.88. The highest BCUT2D eigenvalue weighted by Gasteiger charge is 2.15. The molecule has 1 fully saturated rings. The zero-order valence-corrected chi connectivity index (χ0v) is 11.0. The van der Waals surface area contributed by atoms with E-state index in [1.54, 1.807) is 11.3 Å². The van der Waals surface area contributed by atoms with Gasteiger partial charge in [0.2, 0.25) is 0 Å². The Morgan fingerprint density at radius 1 is 1.62 bits per heavy atom. The van der Waals surface area contributed by atoms with Crippen LogP contribution in [0.1, 0.15) is 23.4 Å². The van der Waals surface area contributed by atoms with Crippen LogP contribution in [-0.4, -0.2) is 36.6 Å². The molecule has 90 valence electrons. The maximum atomic E-state index is 4.29. The first kappa shape index (κ1) is 12.0. The Labute approximate surface area is 102 Å². The Morgan fingerprint density at radius 2 is 2.50 bits per heavy atom. The predicted molar refractivity (Wildman–Crippen MR) is 68.8 cm³/mol. The van der Waals surface area contributed by atoms with Gasteiger partial charge in [0.1, 0.15) is 0 Å². The van der Waals surface area contributed by atoms with Gasteiger partial charge in [0, 0.05) is 11.4 Å². The molecule has 4 heteroatoms. The number of hydrogen-bond acceptors (Lipinski definition) is 4. The van der Waals surface area contributed by atoms with Crippen molar-refractivity contribution < 1.29 is 0 Å². The van der Waals surface area contributed by atoms with E-state index >= 15 is 0 Å². The standard InChI is InChI=1S/C12H21N3S/c1-10-12(16-9-14-10)8-15(2)6-4-11-3-5-13-7-11/h9,11,13H,3-8H2,1-2H3. The molecule has 16 heavy (non-hydrogen) atoms. The van der Waals surface area contributed by atoms with Crippen LogP contribution in [0.25, 0.3) is 0 Å². The van der Waals surface area contributed by atoms with E-state index in [9.17, 15) is 0 Å². The molecule has 0 bridgehead atoms. The molecule has 1 unspecified atom stereocenters. The number of thiazole rings is 1. The van der Waals surface area contributed by atoms with E-state index in [1.165, 1.54) is 43.0 Å². The highest BCUT2D eigenvalue weighted by atomic mass is 32.1. The fourth-order valence-corrected chi connectivity index (χ4v) is 3.02. The summed E-state index contributed by atoms with van der Waals surface area (Å²) in [6.45, 7) is 6.77. The van der Waals surface area contributed by atoms with Crippen molar-refractivity contribution in [2.45, 2.75) is 26.3 Å². The topological polar surface area (TPSA) is 28.2 Å². The molecule has 0 spiro atoms. The normalized spacial score (nSPS) is 20.8.